The summed E-state index contributed by atoms with van der Waals surface area (Å²) in [6.45, 7) is 20.0. The molecule has 200 valence electrons. The van der Waals surface area contributed by atoms with Crippen molar-refractivity contribution >= 4 is 5.57 Å². The number of aryl methyl sites for hydroxylation is 1. The van der Waals surface area contributed by atoms with Crippen LogP contribution in [0.4, 0.5) is 0 Å². The van der Waals surface area contributed by atoms with Crippen molar-refractivity contribution in [2.75, 3.05) is 0 Å². The molecule has 0 aliphatic heterocycles. The topological polar surface area (TPSA) is 0 Å². The highest BCUT2D eigenvalue weighted by molar-refractivity contribution is 5.83. The Labute approximate surface area is 233 Å². The van der Waals surface area contributed by atoms with Crippen LogP contribution in [0.15, 0.2) is 102 Å². The van der Waals surface area contributed by atoms with E-state index in [0.29, 0.717) is 11.3 Å². The van der Waals surface area contributed by atoms with Gasteiger partial charge in [-0.3, -0.25) is 0 Å². The van der Waals surface area contributed by atoms with E-state index in [1.165, 1.54) is 83.1 Å². The van der Waals surface area contributed by atoms with Gasteiger partial charge in [0.15, 0.2) is 0 Å². The fraction of sp³-hybridized carbons (Fsp3) is 0.421. The first-order valence-corrected chi connectivity index (χ1v) is 14.9. The maximum atomic E-state index is 4.45. The molecule has 2 aliphatic rings. The van der Waals surface area contributed by atoms with Crippen molar-refractivity contribution in [1.29, 1.82) is 0 Å². The van der Waals surface area contributed by atoms with Crippen LogP contribution in [-0.2, 0) is 0 Å². The fourth-order valence-corrected chi connectivity index (χ4v) is 6.05. The minimum atomic E-state index is 0.418. The van der Waals surface area contributed by atoms with Gasteiger partial charge in [-0.15, -0.1) is 0 Å². The van der Waals surface area contributed by atoms with E-state index in [-0.39, 0.29) is 0 Å². The van der Waals surface area contributed by atoms with E-state index in [9.17, 15) is 0 Å². The highest BCUT2D eigenvalue weighted by Crippen LogP contribution is 2.53. The molecule has 2 aliphatic carbocycles. The molecule has 0 aromatic heterocycles. The van der Waals surface area contributed by atoms with E-state index in [2.05, 4.69) is 115 Å². The lowest BCUT2D eigenvalue weighted by Gasteiger charge is -2.44. The monoisotopic (exact) mass is 504 g/mol. The van der Waals surface area contributed by atoms with Gasteiger partial charge >= 0.3 is 0 Å². The first-order chi connectivity index (χ1) is 18.3. The van der Waals surface area contributed by atoms with Gasteiger partial charge in [0, 0.05) is 0 Å². The van der Waals surface area contributed by atoms with Gasteiger partial charge in [-0.25, -0.2) is 0 Å². The molecular formula is C38H48. The van der Waals surface area contributed by atoms with Gasteiger partial charge in [-0.1, -0.05) is 117 Å². The summed E-state index contributed by atoms with van der Waals surface area (Å²) in [4.78, 5) is 0. The molecule has 2 aromatic rings. The molecule has 4 rings (SSSR count). The minimum Gasteiger partial charge on any atom is -0.0958 e. The second-order valence-corrected chi connectivity index (χ2v) is 12.1. The van der Waals surface area contributed by atoms with E-state index in [1.54, 1.807) is 5.57 Å². The zero-order valence-electron chi connectivity index (χ0n) is 24.6. The number of hydrogen-bond acceptors (Lipinski definition) is 0. The van der Waals surface area contributed by atoms with Crippen molar-refractivity contribution in [3.63, 3.8) is 0 Å². The molecule has 0 N–H and O–H groups in total. The zero-order valence-corrected chi connectivity index (χ0v) is 24.6. The van der Waals surface area contributed by atoms with Crippen molar-refractivity contribution in [3.8, 4) is 0 Å². The van der Waals surface area contributed by atoms with Crippen LogP contribution < -0.4 is 0 Å². The van der Waals surface area contributed by atoms with Crippen molar-refractivity contribution in [2.24, 2.45) is 11.3 Å². The van der Waals surface area contributed by atoms with E-state index < -0.39 is 0 Å². The first kappa shape index (κ1) is 28.2. The van der Waals surface area contributed by atoms with Crippen LogP contribution in [0.2, 0.25) is 0 Å². The normalized spacial score (nSPS) is 17.8. The van der Waals surface area contributed by atoms with Crippen LogP contribution >= 0.6 is 0 Å². The quantitative estimate of drug-likeness (QED) is 0.252. The highest BCUT2D eigenvalue weighted by atomic mass is 14.4. The van der Waals surface area contributed by atoms with Crippen molar-refractivity contribution < 1.29 is 0 Å². The molecule has 1 atom stereocenters. The molecule has 0 radical (unpaired) electrons. The molecule has 38 heavy (non-hydrogen) atoms. The average molecular weight is 505 g/mol. The van der Waals surface area contributed by atoms with Crippen LogP contribution in [0.1, 0.15) is 107 Å². The fourth-order valence-electron chi connectivity index (χ4n) is 6.05. The van der Waals surface area contributed by atoms with Gasteiger partial charge in [0.05, 0.1) is 0 Å². The van der Waals surface area contributed by atoms with E-state index >= 15 is 0 Å². The maximum absolute atomic E-state index is 4.45. The van der Waals surface area contributed by atoms with Gasteiger partial charge < -0.3 is 0 Å². The predicted molar refractivity (Wildman–Crippen MR) is 167 cm³/mol. The minimum absolute atomic E-state index is 0.418. The molecule has 0 amide bonds. The SMILES string of the molecule is C=C(/C=C\C(=C/C)C(=C)CC(C)c1ccc(C(=C2CC(CC)(CC)C2)c2ccc(C)cc2)cc1)CC1CC1. The van der Waals surface area contributed by atoms with E-state index in [0.717, 1.165) is 18.8 Å². The van der Waals surface area contributed by atoms with Gasteiger partial charge in [0.25, 0.3) is 0 Å². The van der Waals surface area contributed by atoms with Gasteiger partial charge in [0.1, 0.15) is 0 Å². The van der Waals surface area contributed by atoms with Gasteiger partial charge in [-0.2, -0.15) is 0 Å². The third-order valence-corrected chi connectivity index (χ3v) is 9.16. The third kappa shape index (κ3) is 6.76. The van der Waals surface area contributed by atoms with Crippen molar-refractivity contribution in [1.82, 2.24) is 0 Å². The number of rotatable bonds is 12. The third-order valence-electron chi connectivity index (χ3n) is 9.16. The van der Waals surface area contributed by atoms with E-state index in [4.69, 9.17) is 0 Å². The van der Waals surface area contributed by atoms with Gasteiger partial charge in [-0.05, 0) is 116 Å². The van der Waals surface area contributed by atoms with Crippen LogP contribution in [0.25, 0.3) is 5.57 Å². The zero-order chi connectivity index (χ0) is 27.3. The molecule has 1 unspecified atom stereocenters. The van der Waals surface area contributed by atoms with Crippen LogP contribution in [-0.4, -0.2) is 0 Å². The molecule has 2 fully saturated rings. The standard InChI is InChI=1S/C38H48/c1-8-32(16-13-28(5)23-31-14-15-31)29(6)24-30(7)33-19-21-35(22-20-33)37(34-17-11-27(4)12-18-34)36-25-38(9-2,10-3)26-36/h8,11-13,16-22,30-31H,5-6,9-10,14-15,23-26H2,1-4,7H3/b16-13-,32-8+. The smallest absolute Gasteiger partial charge is 0.0119 e. The molecular weight excluding hydrogens is 456 g/mol. The van der Waals surface area contributed by atoms with Crippen LogP contribution in [0.3, 0.4) is 0 Å². The van der Waals surface area contributed by atoms with E-state index in [1.807, 2.05) is 0 Å². The van der Waals surface area contributed by atoms with Crippen molar-refractivity contribution in [2.45, 2.75) is 91.9 Å². The largest absolute Gasteiger partial charge is 0.0958 e. The molecule has 0 saturated heterocycles. The summed E-state index contributed by atoms with van der Waals surface area (Å²) >= 11 is 0. The summed E-state index contributed by atoms with van der Waals surface area (Å²) in [6.07, 6.45) is 16.4. The summed E-state index contributed by atoms with van der Waals surface area (Å²) in [7, 11) is 0. The molecule has 0 nitrogen and oxygen atoms in total. The molecule has 0 spiro atoms. The Morgan fingerprint density at radius 2 is 1.50 bits per heavy atom. The van der Waals surface area contributed by atoms with Gasteiger partial charge in [0.2, 0.25) is 0 Å². The Bertz CT molecular complexity index is 1210. The van der Waals surface area contributed by atoms with Crippen molar-refractivity contribution in [3.05, 3.63) is 124 Å². The number of hydrogen-bond donors (Lipinski definition) is 0. The molecule has 2 aromatic carbocycles. The Balaban J connectivity index is 1.48. The number of benzene rings is 2. The molecule has 0 bridgehead atoms. The summed E-state index contributed by atoms with van der Waals surface area (Å²) in [5.74, 6) is 1.29. The first-order valence-electron chi connectivity index (χ1n) is 14.9. The highest BCUT2D eigenvalue weighted by Gasteiger charge is 2.39. The maximum Gasteiger partial charge on any atom is -0.0119 e. The summed E-state index contributed by atoms with van der Waals surface area (Å²) in [5.41, 5.74) is 12.7. The summed E-state index contributed by atoms with van der Waals surface area (Å²) in [5, 5.41) is 0. The Morgan fingerprint density at radius 3 is 2.03 bits per heavy atom. The summed E-state index contributed by atoms with van der Waals surface area (Å²) < 4.78 is 0. The lowest BCUT2D eigenvalue weighted by molar-refractivity contribution is 0.188. The summed E-state index contributed by atoms with van der Waals surface area (Å²) in [6, 6.07) is 18.5. The second kappa shape index (κ2) is 12.3. The Morgan fingerprint density at radius 1 is 0.921 bits per heavy atom. The van der Waals surface area contributed by atoms with Crippen LogP contribution in [0, 0.1) is 18.3 Å². The Kier molecular flexibility index (Phi) is 9.14. The molecule has 0 heterocycles. The molecule has 2 saturated carbocycles. The lowest BCUT2D eigenvalue weighted by atomic mass is 9.60. The lowest BCUT2D eigenvalue weighted by Crippen LogP contribution is -2.30. The average Bonchev–Trinajstić information content (AvgIpc) is 3.71. The number of allylic oxidation sites excluding steroid dienone is 7. The Hall–Kier alpha value is -2.86. The molecule has 0 heteroatoms. The second-order valence-electron chi connectivity index (χ2n) is 12.1. The van der Waals surface area contributed by atoms with Crippen LogP contribution in [0.5, 0.6) is 0 Å². The predicted octanol–water partition coefficient (Wildman–Crippen LogP) is 11.3.